The molecule has 0 saturated heterocycles. The summed E-state index contributed by atoms with van der Waals surface area (Å²) in [6, 6.07) is 8.28. The van der Waals surface area contributed by atoms with Crippen LogP contribution in [0.1, 0.15) is 16.8 Å². The van der Waals surface area contributed by atoms with Gasteiger partial charge in [-0.3, -0.25) is 9.10 Å². The van der Waals surface area contributed by atoms with Crippen LogP contribution in [0.2, 0.25) is 0 Å². The van der Waals surface area contributed by atoms with Gasteiger partial charge in [0.25, 0.3) is 5.91 Å². The van der Waals surface area contributed by atoms with Crippen molar-refractivity contribution >= 4 is 42.7 Å². The minimum Gasteiger partial charge on any atom is -0.437 e. The molecule has 2 aromatic heterocycles. The van der Waals surface area contributed by atoms with Crippen molar-refractivity contribution in [2.75, 3.05) is 36.2 Å². The van der Waals surface area contributed by atoms with Gasteiger partial charge < -0.3 is 9.73 Å². The molecule has 2 heterocycles. The molecule has 172 valence electrons. The van der Waals surface area contributed by atoms with Gasteiger partial charge in [0.05, 0.1) is 23.0 Å². The van der Waals surface area contributed by atoms with Crippen molar-refractivity contribution in [1.29, 1.82) is 0 Å². The lowest BCUT2D eigenvalue weighted by Gasteiger charge is -2.20. The molecule has 0 radical (unpaired) electrons. The Bertz CT molecular complexity index is 1370. The molecule has 0 atom stereocenters. The van der Waals surface area contributed by atoms with Crippen LogP contribution in [-0.2, 0) is 19.9 Å². The van der Waals surface area contributed by atoms with Gasteiger partial charge in [0.15, 0.2) is 0 Å². The maximum atomic E-state index is 13.3. The number of sulfonamides is 1. The molecular formula is C20H22FN3O6S2. The topological polar surface area (TPSA) is 127 Å². The fourth-order valence-electron chi connectivity index (χ4n) is 3.18. The Hall–Kier alpha value is -2.99. The number of amides is 1. The molecule has 1 amide bonds. The lowest BCUT2D eigenvalue weighted by atomic mass is 10.1. The van der Waals surface area contributed by atoms with Crippen LogP contribution in [0.15, 0.2) is 40.8 Å². The van der Waals surface area contributed by atoms with Crippen LogP contribution in [0, 0.1) is 5.82 Å². The Morgan fingerprint density at radius 2 is 1.75 bits per heavy atom. The molecule has 1 aromatic carbocycles. The van der Waals surface area contributed by atoms with Crippen LogP contribution in [0.25, 0.3) is 22.4 Å². The van der Waals surface area contributed by atoms with Gasteiger partial charge >= 0.3 is 0 Å². The van der Waals surface area contributed by atoms with Crippen LogP contribution in [0.4, 0.5) is 10.2 Å². The average Bonchev–Trinajstić information content (AvgIpc) is 3.08. The molecule has 32 heavy (non-hydrogen) atoms. The summed E-state index contributed by atoms with van der Waals surface area (Å²) in [4.78, 5) is 16.8. The van der Waals surface area contributed by atoms with E-state index in [1.165, 1.54) is 43.4 Å². The summed E-state index contributed by atoms with van der Waals surface area (Å²) in [5.41, 5.74) is 0.631. The molecule has 0 saturated carbocycles. The summed E-state index contributed by atoms with van der Waals surface area (Å²) in [6.45, 7) is -0.0990. The zero-order valence-corrected chi connectivity index (χ0v) is 19.3. The quantitative estimate of drug-likeness (QED) is 0.520. The molecule has 0 aliphatic rings. The van der Waals surface area contributed by atoms with E-state index in [0.29, 0.717) is 10.9 Å². The van der Waals surface area contributed by atoms with Gasteiger partial charge in [-0.25, -0.2) is 21.2 Å². The summed E-state index contributed by atoms with van der Waals surface area (Å²) in [7, 11) is -5.59. The van der Waals surface area contributed by atoms with E-state index in [1.807, 2.05) is 0 Å². The van der Waals surface area contributed by atoms with Crippen LogP contribution < -0.4 is 9.62 Å². The van der Waals surface area contributed by atoms with Crippen LogP contribution in [0.5, 0.6) is 0 Å². The molecule has 0 unspecified atom stereocenters. The van der Waals surface area contributed by atoms with E-state index in [2.05, 4.69) is 10.3 Å². The van der Waals surface area contributed by atoms with E-state index in [0.717, 1.165) is 16.8 Å². The largest absolute Gasteiger partial charge is 0.437 e. The number of hydrogen-bond acceptors (Lipinski definition) is 7. The van der Waals surface area contributed by atoms with Crippen molar-refractivity contribution in [3.8, 4) is 11.3 Å². The van der Waals surface area contributed by atoms with Crippen molar-refractivity contribution < 1.29 is 30.4 Å². The SMILES string of the molecule is CNC(=O)c1c(-c2ccc(F)cc2)oc2nc(N(CCCS(C)(=O)=O)S(C)(=O)=O)ccc12. The molecule has 1 N–H and O–H groups in total. The number of pyridine rings is 1. The molecule has 0 fully saturated rings. The standard InChI is InChI=1S/C20H22FN3O6S2/c1-22-19(25)17-15-9-10-16(24(32(3,28)29)11-4-12-31(2,26)27)23-20(15)30-18(17)13-5-7-14(21)8-6-13/h5-10H,4,11-12H2,1-3H3,(H,22,25). The number of carbonyl (C=O) groups is 1. The summed E-state index contributed by atoms with van der Waals surface area (Å²) in [5, 5.41) is 2.87. The van der Waals surface area contributed by atoms with E-state index in [9.17, 15) is 26.0 Å². The van der Waals surface area contributed by atoms with Gasteiger partial charge in [0, 0.05) is 25.4 Å². The highest BCUT2D eigenvalue weighted by Gasteiger charge is 2.25. The number of nitrogens with zero attached hydrogens (tertiary/aromatic N) is 2. The Morgan fingerprint density at radius 3 is 2.31 bits per heavy atom. The lowest BCUT2D eigenvalue weighted by molar-refractivity contribution is 0.0964. The van der Waals surface area contributed by atoms with E-state index in [4.69, 9.17) is 4.42 Å². The molecule has 0 aliphatic carbocycles. The van der Waals surface area contributed by atoms with Gasteiger partial charge in [0.2, 0.25) is 15.7 Å². The first-order chi connectivity index (χ1) is 14.9. The fourth-order valence-corrected chi connectivity index (χ4v) is 4.74. The van der Waals surface area contributed by atoms with Crippen LogP contribution in [-0.4, -0.2) is 59.6 Å². The number of hydrogen-bond donors (Lipinski definition) is 1. The van der Waals surface area contributed by atoms with E-state index >= 15 is 0 Å². The van der Waals surface area contributed by atoms with E-state index in [1.54, 1.807) is 0 Å². The predicted molar refractivity (Wildman–Crippen MR) is 119 cm³/mol. The minimum absolute atomic E-state index is 0.0113. The summed E-state index contributed by atoms with van der Waals surface area (Å²) in [6.07, 6.45) is 2.14. The van der Waals surface area contributed by atoms with Crippen molar-refractivity contribution in [2.24, 2.45) is 0 Å². The first kappa shape index (κ1) is 23.7. The number of furan rings is 1. The summed E-state index contributed by atoms with van der Waals surface area (Å²) in [5.74, 6) is -0.906. The third-order valence-electron chi connectivity index (χ3n) is 4.63. The smallest absolute Gasteiger partial charge is 0.255 e. The molecule has 12 heteroatoms. The van der Waals surface area contributed by atoms with Gasteiger partial charge in [-0.1, -0.05) is 0 Å². The number of carbonyl (C=O) groups excluding carboxylic acids is 1. The first-order valence-corrected chi connectivity index (χ1v) is 13.4. The average molecular weight is 484 g/mol. The van der Waals surface area contributed by atoms with Gasteiger partial charge in [-0.15, -0.1) is 0 Å². The second-order valence-corrected chi connectivity index (χ2v) is 11.4. The number of halogens is 1. The van der Waals surface area contributed by atoms with Gasteiger partial charge in [0.1, 0.15) is 27.2 Å². The Kier molecular flexibility index (Phi) is 6.56. The van der Waals surface area contributed by atoms with Crippen molar-refractivity contribution in [1.82, 2.24) is 10.3 Å². The zero-order chi connectivity index (χ0) is 23.7. The summed E-state index contributed by atoms with van der Waals surface area (Å²) >= 11 is 0. The highest BCUT2D eigenvalue weighted by atomic mass is 32.2. The third-order valence-corrected chi connectivity index (χ3v) is 6.83. The molecule has 3 rings (SSSR count). The summed E-state index contributed by atoms with van der Waals surface area (Å²) < 4.78 is 67.5. The first-order valence-electron chi connectivity index (χ1n) is 9.47. The number of aromatic nitrogens is 1. The maximum absolute atomic E-state index is 13.3. The fraction of sp³-hybridized carbons (Fsp3) is 0.300. The highest BCUT2D eigenvalue weighted by Crippen LogP contribution is 2.34. The van der Waals surface area contributed by atoms with Crippen molar-refractivity contribution in [3.63, 3.8) is 0 Å². The number of rotatable bonds is 8. The number of nitrogens with one attached hydrogen (secondary N) is 1. The van der Waals surface area contributed by atoms with Crippen molar-refractivity contribution in [2.45, 2.75) is 6.42 Å². The Labute approximate surface area is 185 Å². The molecular weight excluding hydrogens is 461 g/mol. The molecule has 9 nitrogen and oxygen atoms in total. The Morgan fingerprint density at radius 1 is 1.09 bits per heavy atom. The number of sulfone groups is 1. The van der Waals surface area contributed by atoms with E-state index < -0.39 is 31.6 Å². The normalized spacial score (nSPS) is 12.1. The monoisotopic (exact) mass is 483 g/mol. The molecule has 3 aromatic rings. The Balaban J connectivity index is 2.10. The third kappa shape index (κ3) is 5.25. The van der Waals surface area contributed by atoms with Crippen LogP contribution in [0.3, 0.4) is 0 Å². The van der Waals surface area contributed by atoms with E-state index in [-0.39, 0.29) is 41.6 Å². The maximum Gasteiger partial charge on any atom is 0.255 e. The van der Waals surface area contributed by atoms with Gasteiger partial charge in [-0.05, 0) is 42.8 Å². The lowest BCUT2D eigenvalue weighted by Crippen LogP contribution is -2.32. The number of anilines is 1. The van der Waals surface area contributed by atoms with Crippen LogP contribution >= 0.6 is 0 Å². The number of benzene rings is 1. The number of fused-ring (bicyclic) bond motifs is 1. The zero-order valence-electron chi connectivity index (χ0n) is 17.6. The highest BCUT2D eigenvalue weighted by molar-refractivity contribution is 7.92. The second-order valence-electron chi connectivity index (χ2n) is 7.23. The van der Waals surface area contributed by atoms with Crippen molar-refractivity contribution in [3.05, 3.63) is 47.8 Å². The predicted octanol–water partition coefficient (Wildman–Crippen LogP) is 2.19. The second kappa shape index (κ2) is 8.87. The van der Waals surface area contributed by atoms with Gasteiger partial charge in [-0.2, -0.15) is 4.98 Å². The minimum atomic E-state index is -3.77. The molecule has 0 aliphatic heterocycles. The molecule has 0 bridgehead atoms. The molecule has 0 spiro atoms.